The first-order valence-electron chi connectivity index (χ1n) is 8.21. The predicted octanol–water partition coefficient (Wildman–Crippen LogP) is 2.93. The van der Waals surface area contributed by atoms with Gasteiger partial charge in [0.25, 0.3) is 0 Å². The minimum atomic E-state index is -0.126. The second-order valence-corrected chi connectivity index (χ2v) is 9.09. The third kappa shape index (κ3) is 4.10. The summed E-state index contributed by atoms with van der Waals surface area (Å²) in [6, 6.07) is 4.02. The molecule has 25 heavy (non-hydrogen) atoms. The van der Waals surface area contributed by atoms with E-state index >= 15 is 0 Å². The number of halogens is 1. The van der Waals surface area contributed by atoms with E-state index in [-0.39, 0.29) is 10.2 Å². The fourth-order valence-corrected chi connectivity index (χ4v) is 3.18. The molecule has 1 fully saturated rings. The molecule has 8 heteroatoms. The van der Waals surface area contributed by atoms with Gasteiger partial charge in [-0.3, -0.25) is 0 Å². The molecule has 1 saturated heterocycles. The summed E-state index contributed by atoms with van der Waals surface area (Å²) in [5.41, 5.74) is 1.00. The molecule has 3 heterocycles. The zero-order valence-corrected chi connectivity index (χ0v) is 16.6. The Morgan fingerprint density at radius 2 is 2.16 bits per heavy atom. The topological polar surface area (TPSA) is 64.9 Å². The van der Waals surface area contributed by atoms with Crippen molar-refractivity contribution < 1.29 is 4.74 Å². The van der Waals surface area contributed by atoms with Gasteiger partial charge in [0.1, 0.15) is 23.1 Å². The van der Waals surface area contributed by atoms with E-state index in [9.17, 15) is 0 Å². The SMILES string of the molecule is CSC(C)(C)CNc1cc(C2(Cc3nncn3C)COC2)cc(Cl)n1. The molecule has 0 amide bonds. The van der Waals surface area contributed by atoms with Gasteiger partial charge < -0.3 is 14.6 Å². The Hall–Kier alpha value is -1.31. The number of hydrogen-bond acceptors (Lipinski definition) is 6. The van der Waals surface area contributed by atoms with Gasteiger partial charge in [-0.2, -0.15) is 11.8 Å². The van der Waals surface area contributed by atoms with E-state index in [1.54, 1.807) is 6.33 Å². The molecule has 6 nitrogen and oxygen atoms in total. The first kappa shape index (κ1) is 18.5. The van der Waals surface area contributed by atoms with Crippen molar-refractivity contribution in [2.45, 2.75) is 30.4 Å². The maximum Gasteiger partial charge on any atom is 0.133 e. The number of ether oxygens (including phenoxy) is 1. The summed E-state index contributed by atoms with van der Waals surface area (Å²) in [6.45, 7) is 6.51. The van der Waals surface area contributed by atoms with Crippen LogP contribution in [0.4, 0.5) is 5.82 Å². The molecule has 2 aromatic heterocycles. The number of nitrogens with one attached hydrogen (secondary N) is 1. The number of hydrogen-bond donors (Lipinski definition) is 1. The molecule has 0 bridgehead atoms. The number of rotatable bonds is 7. The van der Waals surface area contributed by atoms with Gasteiger partial charge in [-0.1, -0.05) is 11.6 Å². The largest absolute Gasteiger partial charge is 0.379 e. The third-order valence-corrected chi connectivity index (χ3v) is 6.16. The highest BCUT2D eigenvalue weighted by atomic mass is 35.5. The number of anilines is 1. The summed E-state index contributed by atoms with van der Waals surface area (Å²) in [5.74, 6) is 1.74. The average Bonchev–Trinajstić information content (AvgIpc) is 2.93. The number of nitrogens with zero attached hydrogens (tertiary/aromatic N) is 4. The van der Waals surface area contributed by atoms with Gasteiger partial charge in [0.05, 0.1) is 13.2 Å². The first-order chi connectivity index (χ1) is 11.8. The van der Waals surface area contributed by atoms with Crippen LogP contribution in [0.15, 0.2) is 18.5 Å². The van der Waals surface area contributed by atoms with Crippen molar-refractivity contribution in [3.63, 3.8) is 0 Å². The predicted molar refractivity (Wildman–Crippen MR) is 103 cm³/mol. The standard InChI is InChI=1S/C17H24ClN5OS/c1-16(2,25-4)8-19-14-6-12(5-13(18)21-14)17(9-24-10-17)7-15-22-20-11-23(15)3/h5-6,11H,7-10H2,1-4H3,(H,19,21). The summed E-state index contributed by atoms with van der Waals surface area (Å²) >= 11 is 8.12. The molecule has 0 aromatic carbocycles. The van der Waals surface area contributed by atoms with Crippen LogP contribution >= 0.6 is 23.4 Å². The van der Waals surface area contributed by atoms with Gasteiger partial charge in [-0.25, -0.2) is 4.98 Å². The summed E-state index contributed by atoms with van der Waals surface area (Å²) < 4.78 is 7.62. The van der Waals surface area contributed by atoms with Crippen LogP contribution in [0.3, 0.4) is 0 Å². The highest BCUT2D eigenvalue weighted by molar-refractivity contribution is 7.99. The van der Waals surface area contributed by atoms with Gasteiger partial charge in [-0.15, -0.1) is 10.2 Å². The van der Waals surface area contributed by atoms with Crippen molar-refractivity contribution in [2.24, 2.45) is 7.05 Å². The fourth-order valence-electron chi connectivity index (χ4n) is 2.76. The summed E-state index contributed by atoms with van der Waals surface area (Å²) in [6.07, 6.45) is 4.60. The Morgan fingerprint density at radius 3 is 2.72 bits per heavy atom. The normalized spacial score (nSPS) is 16.5. The van der Waals surface area contributed by atoms with Gasteiger partial charge in [0.2, 0.25) is 0 Å². The van der Waals surface area contributed by atoms with E-state index in [1.807, 2.05) is 29.4 Å². The molecular weight excluding hydrogens is 358 g/mol. The Bertz CT molecular complexity index is 744. The maximum atomic E-state index is 6.30. The number of aryl methyl sites for hydroxylation is 1. The molecule has 1 aliphatic heterocycles. The van der Waals surface area contributed by atoms with E-state index in [4.69, 9.17) is 16.3 Å². The molecule has 0 aliphatic carbocycles. The molecule has 0 spiro atoms. The molecule has 1 N–H and O–H groups in total. The Balaban J connectivity index is 1.84. The van der Waals surface area contributed by atoms with Crippen molar-refractivity contribution in [3.05, 3.63) is 35.0 Å². The highest BCUT2D eigenvalue weighted by Gasteiger charge is 2.42. The lowest BCUT2D eigenvalue weighted by molar-refractivity contribution is -0.0611. The van der Waals surface area contributed by atoms with Gasteiger partial charge >= 0.3 is 0 Å². The smallest absolute Gasteiger partial charge is 0.133 e. The minimum Gasteiger partial charge on any atom is -0.379 e. The number of pyridine rings is 1. The van der Waals surface area contributed by atoms with Crippen molar-refractivity contribution in [1.82, 2.24) is 19.7 Å². The molecule has 0 unspecified atom stereocenters. The quantitative estimate of drug-likeness (QED) is 0.744. The lowest BCUT2D eigenvalue weighted by Crippen LogP contribution is -2.49. The van der Waals surface area contributed by atoms with E-state index in [2.05, 4.69) is 46.7 Å². The Kier molecular flexibility index (Phi) is 5.27. The average molecular weight is 382 g/mol. The van der Waals surface area contributed by atoms with Gasteiger partial charge in [-0.05, 0) is 37.8 Å². The molecule has 2 aromatic rings. The molecule has 1 aliphatic rings. The monoisotopic (exact) mass is 381 g/mol. The maximum absolute atomic E-state index is 6.30. The van der Waals surface area contributed by atoms with Crippen molar-refractivity contribution in [2.75, 3.05) is 31.3 Å². The zero-order valence-electron chi connectivity index (χ0n) is 15.0. The Morgan fingerprint density at radius 1 is 1.40 bits per heavy atom. The summed E-state index contributed by atoms with van der Waals surface area (Å²) in [7, 11) is 1.96. The first-order valence-corrected chi connectivity index (χ1v) is 9.82. The van der Waals surface area contributed by atoms with Gasteiger partial charge in [0, 0.05) is 30.2 Å². The Labute approximate surface area is 157 Å². The molecule has 3 rings (SSSR count). The van der Waals surface area contributed by atoms with Crippen LogP contribution in [-0.4, -0.2) is 50.5 Å². The second-order valence-electron chi connectivity index (χ2n) is 7.19. The second kappa shape index (κ2) is 7.13. The highest BCUT2D eigenvalue weighted by Crippen LogP contribution is 2.37. The molecule has 0 saturated carbocycles. The zero-order chi connectivity index (χ0) is 18.1. The lowest BCUT2D eigenvalue weighted by Gasteiger charge is -2.41. The van der Waals surface area contributed by atoms with Crippen molar-refractivity contribution >= 4 is 29.2 Å². The van der Waals surface area contributed by atoms with Crippen LogP contribution in [-0.2, 0) is 23.6 Å². The van der Waals surface area contributed by atoms with Crippen LogP contribution in [0.2, 0.25) is 5.15 Å². The van der Waals surface area contributed by atoms with E-state index in [0.717, 1.165) is 30.2 Å². The van der Waals surface area contributed by atoms with Crippen LogP contribution in [0.5, 0.6) is 0 Å². The minimum absolute atomic E-state index is 0.125. The van der Waals surface area contributed by atoms with Gasteiger partial charge in [0.15, 0.2) is 0 Å². The van der Waals surface area contributed by atoms with Crippen molar-refractivity contribution in [1.29, 1.82) is 0 Å². The lowest BCUT2D eigenvalue weighted by atomic mass is 9.76. The summed E-state index contributed by atoms with van der Waals surface area (Å²) in [5, 5.41) is 12.1. The van der Waals surface area contributed by atoms with Crippen LogP contribution in [0.1, 0.15) is 25.2 Å². The molecule has 136 valence electrons. The van der Waals surface area contributed by atoms with E-state index < -0.39 is 0 Å². The van der Waals surface area contributed by atoms with E-state index in [0.29, 0.717) is 18.4 Å². The molecule has 0 atom stereocenters. The third-order valence-electron chi connectivity index (χ3n) is 4.71. The van der Waals surface area contributed by atoms with Crippen LogP contribution in [0.25, 0.3) is 0 Å². The van der Waals surface area contributed by atoms with Crippen LogP contribution < -0.4 is 5.32 Å². The number of aromatic nitrogens is 4. The fraction of sp³-hybridized carbons (Fsp3) is 0.588. The summed E-state index contributed by atoms with van der Waals surface area (Å²) in [4.78, 5) is 4.43. The molecular formula is C17H24ClN5OS. The molecule has 0 radical (unpaired) electrons. The van der Waals surface area contributed by atoms with Crippen molar-refractivity contribution in [3.8, 4) is 0 Å². The number of thioether (sulfide) groups is 1. The van der Waals surface area contributed by atoms with E-state index in [1.165, 1.54) is 0 Å². The van der Waals surface area contributed by atoms with Crippen LogP contribution in [0, 0.1) is 0 Å².